The standard InChI is InChI=1S/C18H24N4S/c1-18(2)10-13(22(3)4)6-8-16(18)20-12-5-7-15-14(9-12)21-17(11-19)23-15/h5,7,9,13,16,20H,6,8,10H2,1-4H3/t13-,16-/m1/s1. The van der Waals surface area contributed by atoms with Crippen LogP contribution < -0.4 is 5.32 Å². The molecule has 0 saturated heterocycles. The summed E-state index contributed by atoms with van der Waals surface area (Å²) < 4.78 is 1.07. The van der Waals surface area contributed by atoms with Gasteiger partial charge in [-0.25, -0.2) is 4.98 Å². The lowest BCUT2D eigenvalue weighted by Gasteiger charge is -2.45. The van der Waals surface area contributed by atoms with Crippen molar-refractivity contribution in [3.05, 3.63) is 23.2 Å². The Labute approximate surface area is 142 Å². The molecule has 1 fully saturated rings. The minimum Gasteiger partial charge on any atom is -0.382 e. The Kier molecular flexibility index (Phi) is 4.31. The molecule has 1 aliphatic rings. The first-order valence-electron chi connectivity index (χ1n) is 8.13. The Morgan fingerprint density at radius 3 is 2.78 bits per heavy atom. The molecule has 5 heteroatoms. The van der Waals surface area contributed by atoms with E-state index < -0.39 is 0 Å². The van der Waals surface area contributed by atoms with Crippen molar-refractivity contribution >= 4 is 27.2 Å². The first-order valence-corrected chi connectivity index (χ1v) is 8.94. The van der Waals surface area contributed by atoms with Gasteiger partial charge in [-0.1, -0.05) is 13.8 Å². The number of nitriles is 1. The van der Waals surface area contributed by atoms with E-state index in [0.29, 0.717) is 17.1 Å². The van der Waals surface area contributed by atoms with Gasteiger partial charge < -0.3 is 10.2 Å². The van der Waals surface area contributed by atoms with E-state index >= 15 is 0 Å². The molecule has 23 heavy (non-hydrogen) atoms. The first kappa shape index (κ1) is 16.2. The third-order valence-corrected chi connectivity index (χ3v) is 5.99. The van der Waals surface area contributed by atoms with Crippen molar-refractivity contribution in [2.45, 2.75) is 45.2 Å². The van der Waals surface area contributed by atoms with Gasteiger partial charge in [-0.05, 0) is 57.0 Å². The molecule has 1 aliphatic carbocycles. The molecule has 1 N–H and O–H groups in total. The van der Waals surface area contributed by atoms with Crippen LogP contribution in [0.2, 0.25) is 0 Å². The van der Waals surface area contributed by atoms with Crippen LogP contribution in [-0.2, 0) is 0 Å². The predicted molar refractivity (Wildman–Crippen MR) is 96.9 cm³/mol. The van der Waals surface area contributed by atoms with E-state index in [-0.39, 0.29) is 5.41 Å². The maximum atomic E-state index is 8.99. The molecule has 122 valence electrons. The topological polar surface area (TPSA) is 52.0 Å². The molecule has 1 aromatic carbocycles. The van der Waals surface area contributed by atoms with Crippen LogP contribution in [0.4, 0.5) is 5.69 Å². The van der Waals surface area contributed by atoms with E-state index in [1.54, 1.807) is 0 Å². The van der Waals surface area contributed by atoms with Gasteiger partial charge in [0.2, 0.25) is 0 Å². The number of nitrogens with zero attached hydrogens (tertiary/aromatic N) is 3. The zero-order valence-electron chi connectivity index (χ0n) is 14.3. The van der Waals surface area contributed by atoms with Crippen molar-refractivity contribution in [1.29, 1.82) is 5.26 Å². The fourth-order valence-corrected chi connectivity index (χ4v) is 4.32. The van der Waals surface area contributed by atoms with Crippen molar-refractivity contribution < 1.29 is 0 Å². The highest BCUT2D eigenvalue weighted by atomic mass is 32.1. The van der Waals surface area contributed by atoms with E-state index in [2.05, 4.69) is 67.4 Å². The van der Waals surface area contributed by atoms with Crippen molar-refractivity contribution in [1.82, 2.24) is 9.88 Å². The Balaban J connectivity index is 1.77. The van der Waals surface area contributed by atoms with Crippen LogP contribution in [-0.4, -0.2) is 36.1 Å². The summed E-state index contributed by atoms with van der Waals surface area (Å²) in [5.41, 5.74) is 2.27. The highest BCUT2D eigenvalue weighted by Gasteiger charge is 2.37. The van der Waals surface area contributed by atoms with Gasteiger partial charge in [-0.3, -0.25) is 0 Å². The van der Waals surface area contributed by atoms with E-state index in [9.17, 15) is 0 Å². The Bertz CT molecular complexity index is 741. The van der Waals surface area contributed by atoms with Gasteiger partial charge in [0.05, 0.1) is 10.2 Å². The van der Waals surface area contributed by atoms with Gasteiger partial charge in [0.1, 0.15) is 6.07 Å². The molecule has 4 nitrogen and oxygen atoms in total. The van der Waals surface area contributed by atoms with Gasteiger partial charge in [0.15, 0.2) is 5.01 Å². The molecular formula is C18H24N4S. The summed E-state index contributed by atoms with van der Waals surface area (Å²) in [6.07, 6.45) is 3.61. The van der Waals surface area contributed by atoms with Gasteiger partial charge in [0.25, 0.3) is 0 Å². The zero-order chi connectivity index (χ0) is 16.6. The molecule has 0 aliphatic heterocycles. The van der Waals surface area contributed by atoms with Gasteiger partial charge in [-0.15, -0.1) is 11.3 Å². The largest absolute Gasteiger partial charge is 0.382 e. The molecule has 0 unspecified atom stereocenters. The summed E-state index contributed by atoms with van der Waals surface area (Å²) in [7, 11) is 4.36. The molecule has 3 rings (SSSR count). The summed E-state index contributed by atoms with van der Waals surface area (Å²) in [4.78, 5) is 6.72. The smallest absolute Gasteiger partial charge is 0.195 e. The average molecular weight is 328 g/mol. The van der Waals surface area contributed by atoms with Crippen LogP contribution in [0.5, 0.6) is 0 Å². The molecule has 0 amide bonds. The number of nitrogens with one attached hydrogen (secondary N) is 1. The van der Waals surface area contributed by atoms with E-state index in [1.165, 1.54) is 30.6 Å². The fraction of sp³-hybridized carbons (Fsp3) is 0.556. The van der Waals surface area contributed by atoms with Crippen LogP contribution >= 0.6 is 11.3 Å². The molecule has 0 spiro atoms. The van der Waals surface area contributed by atoms with Crippen LogP contribution in [0.15, 0.2) is 18.2 Å². The maximum absolute atomic E-state index is 8.99. The van der Waals surface area contributed by atoms with E-state index in [1.807, 2.05) is 0 Å². The lowest BCUT2D eigenvalue weighted by molar-refractivity contribution is 0.119. The lowest BCUT2D eigenvalue weighted by Crippen LogP contribution is -2.47. The number of anilines is 1. The number of aromatic nitrogens is 1. The highest BCUT2D eigenvalue weighted by Crippen LogP contribution is 2.39. The average Bonchev–Trinajstić information content (AvgIpc) is 2.91. The minimum absolute atomic E-state index is 0.252. The number of rotatable bonds is 3. The molecule has 2 atom stereocenters. The second-order valence-corrected chi connectivity index (χ2v) is 8.43. The molecule has 1 saturated carbocycles. The Hall–Kier alpha value is -1.64. The number of benzene rings is 1. The molecule has 2 aromatic rings. The first-order chi connectivity index (χ1) is 10.9. The van der Waals surface area contributed by atoms with Crippen molar-refractivity contribution in [3.63, 3.8) is 0 Å². The van der Waals surface area contributed by atoms with E-state index in [0.717, 1.165) is 15.9 Å². The maximum Gasteiger partial charge on any atom is 0.195 e. The zero-order valence-corrected chi connectivity index (χ0v) is 15.1. The van der Waals surface area contributed by atoms with Crippen molar-refractivity contribution in [2.75, 3.05) is 19.4 Å². The number of fused-ring (bicyclic) bond motifs is 1. The summed E-state index contributed by atoms with van der Waals surface area (Å²) in [6, 6.07) is 9.50. The SMILES string of the molecule is CN(C)[C@@H]1CC[C@@H](Nc2ccc3sc(C#N)nc3c2)C(C)(C)C1. The molecule has 0 bridgehead atoms. The van der Waals surface area contributed by atoms with Crippen molar-refractivity contribution in [2.24, 2.45) is 5.41 Å². The van der Waals surface area contributed by atoms with Crippen molar-refractivity contribution in [3.8, 4) is 6.07 Å². The van der Waals surface area contributed by atoms with E-state index in [4.69, 9.17) is 5.26 Å². The van der Waals surface area contributed by atoms with Crippen LogP contribution in [0.25, 0.3) is 10.2 Å². The quantitative estimate of drug-likeness (QED) is 0.922. The third-order valence-electron chi connectivity index (χ3n) is 5.05. The normalized spacial score (nSPS) is 23.8. The van der Waals surface area contributed by atoms with Crippen LogP contribution in [0, 0.1) is 16.7 Å². The number of hydrogen-bond acceptors (Lipinski definition) is 5. The number of hydrogen-bond donors (Lipinski definition) is 1. The second-order valence-electron chi connectivity index (χ2n) is 7.40. The monoisotopic (exact) mass is 328 g/mol. The molecule has 0 radical (unpaired) electrons. The van der Waals surface area contributed by atoms with Crippen LogP contribution in [0.1, 0.15) is 38.1 Å². The number of thiazole rings is 1. The molecular weight excluding hydrogens is 304 g/mol. The predicted octanol–water partition coefficient (Wildman–Crippen LogP) is 4.09. The highest BCUT2D eigenvalue weighted by molar-refractivity contribution is 7.19. The third kappa shape index (κ3) is 3.34. The van der Waals surface area contributed by atoms with Gasteiger partial charge in [0, 0.05) is 17.8 Å². The minimum atomic E-state index is 0.252. The van der Waals surface area contributed by atoms with Gasteiger partial charge >= 0.3 is 0 Å². The summed E-state index contributed by atoms with van der Waals surface area (Å²) in [5.74, 6) is 0. The fourth-order valence-electron chi connectivity index (χ4n) is 3.58. The molecule has 1 heterocycles. The second kappa shape index (κ2) is 6.10. The van der Waals surface area contributed by atoms with Crippen LogP contribution in [0.3, 0.4) is 0 Å². The summed E-state index contributed by atoms with van der Waals surface area (Å²) in [5, 5.41) is 13.2. The lowest BCUT2D eigenvalue weighted by atomic mass is 9.71. The van der Waals surface area contributed by atoms with Gasteiger partial charge in [-0.2, -0.15) is 5.26 Å². The Morgan fingerprint density at radius 2 is 2.13 bits per heavy atom. The Morgan fingerprint density at radius 1 is 1.35 bits per heavy atom. The summed E-state index contributed by atoms with van der Waals surface area (Å²) in [6.45, 7) is 4.71. The molecule has 1 aromatic heterocycles. The summed E-state index contributed by atoms with van der Waals surface area (Å²) >= 11 is 1.45.